The first-order valence-electron chi connectivity index (χ1n) is 15.7. The Hall–Kier alpha value is -5.62. The zero-order chi connectivity index (χ0) is 36.1. The third-order valence-electron chi connectivity index (χ3n) is 8.77. The summed E-state index contributed by atoms with van der Waals surface area (Å²) in [5, 5.41) is 16.9. The molecule has 0 atom stereocenters. The Balaban J connectivity index is 1.10. The number of Topliss-reactive ketones (excluding diaryl/α,β-unsaturated/α-hetero) is 1. The molecule has 2 amide bonds. The van der Waals surface area contributed by atoms with Crippen molar-refractivity contribution >= 4 is 34.9 Å². The number of rotatable bonds is 8. The molecule has 1 fully saturated rings. The topological polar surface area (TPSA) is 210 Å². The number of carbonyl (C=O) groups excluding carboxylic acids is 4. The molecule has 3 aromatic heterocycles. The summed E-state index contributed by atoms with van der Waals surface area (Å²) >= 11 is 0. The molecule has 1 saturated carbocycles. The van der Waals surface area contributed by atoms with Gasteiger partial charge in [-0.15, -0.1) is 5.10 Å². The van der Waals surface area contributed by atoms with Crippen molar-refractivity contribution in [1.29, 1.82) is 0 Å². The molecule has 2 aliphatic rings. The number of alkyl halides is 3. The van der Waals surface area contributed by atoms with Gasteiger partial charge in [-0.1, -0.05) is 19.1 Å². The zero-order valence-electron chi connectivity index (χ0n) is 27.2. The van der Waals surface area contributed by atoms with Crippen molar-refractivity contribution in [2.75, 3.05) is 11.9 Å². The Kier molecular flexibility index (Phi) is 8.69. The lowest BCUT2D eigenvalue weighted by Crippen LogP contribution is -2.36. The van der Waals surface area contributed by atoms with Gasteiger partial charge in [0.2, 0.25) is 0 Å². The molecule has 264 valence electrons. The van der Waals surface area contributed by atoms with Crippen molar-refractivity contribution in [3.8, 4) is 5.69 Å². The van der Waals surface area contributed by atoms with E-state index in [1.54, 1.807) is 13.8 Å². The van der Waals surface area contributed by atoms with Crippen LogP contribution in [0.4, 0.5) is 18.9 Å². The molecule has 4 N–H and O–H groups in total. The Morgan fingerprint density at radius 1 is 1.10 bits per heavy atom. The second-order valence-electron chi connectivity index (χ2n) is 13.2. The SMILES string of the molecule is Cn1nnc2c(C(=O)NCC(=O)OC3CCC(Nc4cc(-n5nc(C(F)(F)F)c6c5CC(C)(C)CC6=O)ccc4C(N)=O)CC3)ncn2c1=O. The zero-order valence-corrected chi connectivity index (χ0v) is 27.2. The van der Waals surface area contributed by atoms with Crippen LogP contribution in [0.5, 0.6) is 0 Å². The maximum absolute atomic E-state index is 14.0. The van der Waals surface area contributed by atoms with Crippen LogP contribution in [0.1, 0.15) is 88.5 Å². The third-order valence-corrected chi connectivity index (χ3v) is 8.77. The Morgan fingerprint density at radius 2 is 1.82 bits per heavy atom. The van der Waals surface area contributed by atoms with Crippen LogP contribution >= 0.6 is 0 Å². The number of hydrogen-bond acceptors (Lipinski definition) is 11. The minimum Gasteiger partial charge on any atom is -0.461 e. The lowest BCUT2D eigenvalue weighted by atomic mass is 9.75. The highest BCUT2D eigenvalue weighted by molar-refractivity contribution is 6.01. The average Bonchev–Trinajstić information content (AvgIpc) is 3.65. The number of nitrogens with two attached hydrogens (primary N) is 1. The summed E-state index contributed by atoms with van der Waals surface area (Å²) in [5.41, 5.74) is 3.32. The lowest BCUT2D eigenvalue weighted by Gasteiger charge is -2.30. The number of amides is 2. The molecule has 0 radical (unpaired) electrons. The number of nitrogens with zero attached hydrogens (tertiary/aromatic N) is 7. The summed E-state index contributed by atoms with van der Waals surface area (Å²) in [6, 6.07) is 4.11. The fraction of sp³-hybridized carbons (Fsp3) is 0.452. The van der Waals surface area contributed by atoms with Gasteiger partial charge >= 0.3 is 17.8 Å². The standard InChI is InChI=1S/C31H33F3N10O6/c1-30(2)11-20-23(21(45)12-30)25(31(32,33)34)40-44(20)16-6-9-18(26(35)47)19(10-16)38-15-4-7-17(8-5-15)50-22(46)13-36-28(48)24-27-39-41-42(3)29(49)43(27)14-37-24/h6,9-10,14-15,17,38H,4-5,7-8,11-13H2,1-3H3,(H2,35,47)(H,36,48). The van der Waals surface area contributed by atoms with Gasteiger partial charge in [-0.3, -0.25) is 19.2 Å². The van der Waals surface area contributed by atoms with Gasteiger partial charge in [-0.05, 0) is 55.7 Å². The van der Waals surface area contributed by atoms with Crippen molar-refractivity contribution in [2.45, 2.75) is 70.7 Å². The summed E-state index contributed by atoms with van der Waals surface area (Å²) in [5.74, 6) is -2.81. The summed E-state index contributed by atoms with van der Waals surface area (Å²) < 4.78 is 50.6. The van der Waals surface area contributed by atoms with E-state index in [4.69, 9.17) is 10.5 Å². The van der Waals surface area contributed by atoms with Crippen molar-refractivity contribution in [2.24, 2.45) is 18.2 Å². The summed E-state index contributed by atoms with van der Waals surface area (Å²) in [4.78, 5) is 66.3. The molecule has 19 heteroatoms. The van der Waals surface area contributed by atoms with Crippen LogP contribution in [-0.2, 0) is 29.2 Å². The van der Waals surface area contributed by atoms with Gasteiger partial charge in [-0.2, -0.15) is 23.0 Å². The molecule has 50 heavy (non-hydrogen) atoms. The van der Waals surface area contributed by atoms with E-state index < -0.39 is 64.8 Å². The highest BCUT2D eigenvalue weighted by Gasteiger charge is 2.45. The number of fused-ring (bicyclic) bond motifs is 2. The van der Waals surface area contributed by atoms with E-state index in [2.05, 4.69) is 31.0 Å². The molecule has 0 aliphatic heterocycles. The first-order chi connectivity index (χ1) is 23.5. The molecule has 0 bridgehead atoms. The van der Waals surface area contributed by atoms with Crippen LogP contribution in [0.2, 0.25) is 0 Å². The van der Waals surface area contributed by atoms with Crippen molar-refractivity contribution < 1.29 is 37.1 Å². The van der Waals surface area contributed by atoms with Gasteiger partial charge in [0, 0.05) is 25.2 Å². The molecular weight excluding hydrogens is 665 g/mol. The Labute approximate surface area is 281 Å². The van der Waals surface area contributed by atoms with E-state index in [-0.39, 0.29) is 52.9 Å². The van der Waals surface area contributed by atoms with E-state index in [0.29, 0.717) is 25.7 Å². The highest BCUT2D eigenvalue weighted by atomic mass is 19.4. The predicted octanol–water partition coefficient (Wildman–Crippen LogP) is 1.98. The van der Waals surface area contributed by atoms with Gasteiger partial charge in [0.25, 0.3) is 11.8 Å². The van der Waals surface area contributed by atoms with E-state index in [0.717, 1.165) is 20.1 Å². The minimum atomic E-state index is -4.85. The molecule has 0 spiro atoms. The summed E-state index contributed by atoms with van der Waals surface area (Å²) in [6.45, 7) is 3.14. The number of imidazole rings is 1. The molecular formula is C31H33F3N10O6. The molecule has 16 nitrogen and oxygen atoms in total. The number of aryl methyl sites for hydroxylation is 1. The van der Waals surface area contributed by atoms with E-state index in [1.165, 1.54) is 25.2 Å². The van der Waals surface area contributed by atoms with E-state index in [9.17, 15) is 37.1 Å². The van der Waals surface area contributed by atoms with Crippen molar-refractivity contribution in [3.05, 3.63) is 63.2 Å². The maximum atomic E-state index is 14.0. The van der Waals surface area contributed by atoms with Gasteiger partial charge in [0.1, 0.15) is 19.0 Å². The van der Waals surface area contributed by atoms with Gasteiger partial charge in [0.15, 0.2) is 22.8 Å². The Morgan fingerprint density at radius 3 is 2.50 bits per heavy atom. The van der Waals surface area contributed by atoms with E-state index in [1.807, 2.05) is 0 Å². The second kappa shape index (κ2) is 12.7. The van der Waals surface area contributed by atoms with Crippen LogP contribution in [0, 0.1) is 5.41 Å². The van der Waals surface area contributed by atoms with Crippen LogP contribution < -0.4 is 22.1 Å². The first-order valence-corrected chi connectivity index (χ1v) is 15.7. The first kappa shape index (κ1) is 34.3. The van der Waals surface area contributed by atoms with Crippen LogP contribution in [0.3, 0.4) is 0 Å². The maximum Gasteiger partial charge on any atom is 0.435 e. The fourth-order valence-electron chi connectivity index (χ4n) is 6.41. The largest absolute Gasteiger partial charge is 0.461 e. The fourth-order valence-corrected chi connectivity index (χ4v) is 6.41. The van der Waals surface area contributed by atoms with Crippen molar-refractivity contribution in [1.82, 2.24) is 39.5 Å². The number of ether oxygens (including phenoxy) is 1. The van der Waals surface area contributed by atoms with E-state index >= 15 is 0 Å². The molecule has 4 aromatic rings. The highest BCUT2D eigenvalue weighted by Crippen LogP contribution is 2.42. The summed E-state index contributed by atoms with van der Waals surface area (Å²) in [7, 11) is 1.39. The van der Waals surface area contributed by atoms with Gasteiger partial charge in [-0.25, -0.2) is 18.9 Å². The number of hydrogen-bond donors (Lipinski definition) is 3. The third kappa shape index (κ3) is 6.66. The normalized spacial score (nSPS) is 18.8. The molecule has 0 unspecified atom stereocenters. The number of esters is 1. The molecule has 3 heterocycles. The number of anilines is 1. The minimum absolute atomic E-state index is 0.0450. The number of benzene rings is 1. The smallest absolute Gasteiger partial charge is 0.435 e. The Bertz CT molecular complexity index is 2090. The second-order valence-corrected chi connectivity index (χ2v) is 13.2. The molecule has 0 saturated heterocycles. The number of carbonyl (C=O) groups is 4. The monoisotopic (exact) mass is 698 g/mol. The quantitative estimate of drug-likeness (QED) is 0.227. The predicted molar refractivity (Wildman–Crippen MR) is 168 cm³/mol. The number of nitrogens with one attached hydrogen (secondary N) is 2. The average molecular weight is 699 g/mol. The molecule has 1 aromatic carbocycles. The number of primary amides is 1. The number of aromatic nitrogens is 7. The lowest BCUT2D eigenvalue weighted by molar-refractivity contribution is -0.149. The van der Waals surface area contributed by atoms with Crippen LogP contribution in [0.25, 0.3) is 11.3 Å². The van der Waals surface area contributed by atoms with Gasteiger partial charge in [0.05, 0.1) is 22.5 Å². The molecule has 6 rings (SSSR count). The summed E-state index contributed by atoms with van der Waals surface area (Å²) in [6.07, 6.45) is -2.17. The number of halogens is 3. The van der Waals surface area contributed by atoms with Gasteiger partial charge < -0.3 is 21.1 Å². The molecule has 2 aliphatic carbocycles. The van der Waals surface area contributed by atoms with Crippen molar-refractivity contribution in [3.63, 3.8) is 0 Å². The number of ketones is 1. The van der Waals surface area contributed by atoms with Crippen LogP contribution in [0.15, 0.2) is 29.3 Å². The van der Waals surface area contributed by atoms with Crippen LogP contribution in [-0.4, -0.2) is 76.4 Å².